The summed E-state index contributed by atoms with van der Waals surface area (Å²) in [7, 11) is 0. The predicted octanol–water partition coefficient (Wildman–Crippen LogP) is 3.31. The van der Waals surface area contributed by atoms with Crippen molar-refractivity contribution in [2.45, 2.75) is 117 Å². The van der Waals surface area contributed by atoms with Crippen molar-refractivity contribution in [2.75, 3.05) is 0 Å². The molecule has 0 fully saturated rings. The normalized spacial score (nSPS) is 14.0. The first-order chi connectivity index (χ1) is 26.0. The average molecular weight is 761 g/mol. The van der Waals surface area contributed by atoms with E-state index in [0.29, 0.717) is 17.8 Å². The van der Waals surface area contributed by atoms with Gasteiger partial charge >= 0.3 is 6.09 Å². The zero-order chi connectivity index (χ0) is 40.5. The number of imidazole rings is 1. The maximum absolute atomic E-state index is 14.0. The summed E-state index contributed by atoms with van der Waals surface area (Å²) in [5.74, 6) is -3.26. The monoisotopic (exact) mass is 760 g/mol. The van der Waals surface area contributed by atoms with Gasteiger partial charge in [-0.25, -0.2) is 9.78 Å². The number of hydrogen-bond acceptors (Lipinski definition) is 9. The molecule has 5 amide bonds. The molecule has 0 radical (unpaired) electrons. The average Bonchev–Trinajstić information content (AvgIpc) is 3.64. The number of rotatable bonds is 20. The molecule has 15 heteroatoms. The molecule has 55 heavy (non-hydrogen) atoms. The Balaban J connectivity index is 1.77. The van der Waals surface area contributed by atoms with Crippen LogP contribution in [0, 0.1) is 11.8 Å². The van der Waals surface area contributed by atoms with Crippen LogP contribution in [0.15, 0.2) is 67.3 Å². The van der Waals surface area contributed by atoms with Crippen molar-refractivity contribution in [2.24, 2.45) is 11.8 Å². The lowest BCUT2D eigenvalue weighted by Gasteiger charge is -2.27. The highest BCUT2D eigenvalue weighted by Gasteiger charge is 2.33. The first-order valence-electron chi connectivity index (χ1n) is 18.7. The summed E-state index contributed by atoms with van der Waals surface area (Å²) >= 11 is 0. The van der Waals surface area contributed by atoms with Gasteiger partial charge in [0.2, 0.25) is 23.6 Å². The van der Waals surface area contributed by atoms with E-state index in [-0.39, 0.29) is 37.6 Å². The van der Waals surface area contributed by atoms with Crippen molar-refractivity contribution in [3.8, 4) is 0 Å². The molecule has 0 unspecified atom stereocenters. The first kappa shape index (κ1) is 43.8. The predicted molar refractivity (Wildman–Crippen MR) is 206 cm³/mol. The van der Waals surface area contributed by atoms with E-state index in [1.54, 1.807) is 57.3 Å². The molecule has 3 aromatic rings. The number of carbonyl (C=O) groups is 6. The number of Topliss-reactive ketones (excluding diaryl/α,β-unsaturated/α-hetero) is 1. The first-order valence-corrected chi connectivity index (χ1v) is 18.7. The van der Waals surface area contributed by atoms with Crippen LogP contribution in [0.5, 0.6) is 0 Å². The minimum absolute atomic E-state index is 0.0185. The molecule has 2 heterocycles. The summed E-state index contributed by atoms with van der Waals surface area (Å²) in [5.41, 5.74) is 1.12. The van der Waals surface area contributed by atoms with Crippen LogP contribution in [0.1, 0.15) is 84.7 Å². The van der Waals surface area contributed by atoms with Crippen LogP contribution >= 0.6 is 0 Å². The molecule has 6 N–H and O–H groups in total. The molecule has 1 aromatic carbocycles. The number of hydrogen-bond donors (Lipinski definition) is 6. The standard InChI is InChI=1S/C40H56N8O7/c1-8-26(4)35(38(53)43-23-28-16-12-13-17-42-28)48-34(50)21-33(49)30(18-25(2)3)45-37(52)32(20-29-22-41-24-44-29)46-36(51)31(19-27-14-10-9-11-15-27)47-39(54)55-40(5,6)7/h9-17,22,24-26,30-32,35H,8,18-21,23H2,1-7H3,(H,41,44)(H,43,53)(H,45,52)(H,46,51)(H,47,54)(H,48,50)/t26-,30-,31-,32-,35-/m0/s1. The highest BCUT2D eigenvalue weighted by molar-refractivity contribution is 6.03. The number of carbonyl (C=O) groups excluding carboxylic acids is 6. The Kier molecular flexibility index (Phi) is 17.0. The second-order valence-corrected chi connectivity index (χ2v) is 15.0. The third-order valence-corrected chi connectivity index (χ3v) is 8.63. The summed E-state index contributed by atoms with van der Waals surface area (Å²) in [4.78, 5) is 91.9. The molecule has 0 saturated carbocycles. The summed E-state index contributed by atoms with van der Waals surface area (Å²) in [6.45, 7) is 12.7. The molecule has 0 aliphatic carbocycles. The van der Waals surface area contributed by atoms with Crippen LogP contribution in [0.3, 0.4) is 0 Å². The van der Waals surface area contributed by atoms with Crippen molar-refractivity contribution < 1.29 is 33.5 Å². The number of amides is 5. The van der Waals surface area contributed by atoms with Crippen LogP contribution in [0.2, 0.25) is 0 Å². The van der Waals surface area contributed by atoms with Crippen molar-refractivity contribution in [1.82, 2.24) is 41.5 Å². The lowest BCUT2D eigenvalue weighted by Crippen LogP contribution is -2.57. The number of nitrogens with zero attached hydrogens (tertiary/aromatic N) is 2. The highest BCUT2D eigenvalue weighted by Crippen LogP contribution is 2.13. The van der Waals surface area contributed by atoms with E-state index >= 15 is 0 Å². The second-order valence-electron chi connectivity index (χ2n) is 15.0. The molecular weight excluding hydrogens is 704 g/mol. The van der Waals surface area contributed by atoms with Gasteiger partial charge in [-0.05, 0) is 56.7 Å². The number of aromatic amines is 1. The van der Waals surface area contributed by atoms with Gasteiger partial charge in [0.25, 0.3) is 0 Å². The van der Waals surface area contributed by atoms with Gasteiger partial charge in [-0.15, -0.1) is 0 Å². The van der Waals surface area contributed by atoms with Gasteiger partial charge in [0, 0.05) is 30.9 Å². The van der Waals surface area contributed by atoms with Crippen LogP contribution in [-0.2, 0) is 48.1 Å². The van der Waals surface area contributed by atoms with Gasteiger partial charge in [-0.3, -0.25) is 29.0 Å². The van der Waals surface area contributed by atoms with Crippen molar-refractivity contribution in [3.63, 3.8) is 0 Å². The van der Waals surface area contributed by atoms with Crippen LogP contribution in [-0.4, -0.2) is 80.2 Å². The number of alkyl carbamates (subject to hydrolysis) is 1. The van der Waals surface area contributed by atoms with Crippen LogP contribution < -0.4 is 26.6 Å². The molecule has 0 bridgehead atoms. The molecule has 0 saturated heterocycles. The van der Waals surface area contributed by atoms with E-state index in [1.807, 2.05) is 45.9 Å². The molecule has 15 nitrogen and oxygen atoms in total. The Morgan fingerprint density at radius 1 is 0.800 bits per heavy atom. The molecule has 0 aliphatic heterocycles. The number of ketones is 1. The summed E-state index contributed by atoms with van der Waals surface area (Å²) < 4.78 is 5.41. The third-order valence-electron chi connectivity index (χ3n) is 8.63. The second kappa shape index (κ2) is 21.3. The molecule has 0 spiro atoms. The van der Waals surface area contributed by atoms with Gasteiger partial charge in [0.15, 0.2) is 5.78 Å². The van der Waals surface area contributed by atoms with Gasteiger partial charge in [-0.1, -0.05) is 70.5 Å². The lowest BCUT2D eigenvalue weighted by molar-refractivity contribution is -0.135. The molecular formula is C40H56N8O7. The number of H-pyrrole nitrogens is 1. The molecule has 0 aliphatic rings. The maximum atomic E-state index is 14.0. The molecule has 2 aromatic heterocycles. The Hall–Kier alpha value is -5.60. The summed E-state index contributed by atoms with van der Waals surface area (Å²) in [6, 6.07) is 10.1. The lowest BCUT2D eigenvalue weighted by atomic mass is 9.96. The number of aromatic nitrogens is 3. The Bertz CT molecular complexity index is 1690. The fourth-order valence-electron chi connectivity index (χ4n) is 5.62. The van der Waals surface area contributed by atoms with Crippen molar-refractivity contribution in [3.05, 3.63) is 84.2 Å². The molecule has 298 valence electrons. The van der Waals surface area contributed by atoms with Crippen LogP contribution in [0.25, 0.3) is 0 Å². The van der Waals surface area contributed by atoms with E-state index in [4.69, 9.17) is 4.74 Å². The Morgan fingerprint density at radius 2 is 1.45 bits per heavy atom. The topological polar surface area (TPSA) is 213 Å². The van der Waals surface area contributed by atoms with E-state index in [9.17, 15) is 28.8 Å². The smallest absolute Gasteiger partial charge is 0.408 e. The number of benzene rings is 1. The number of pyridine rings is 1. The van der Waals surface area contributed by atoms with Gasteiger partial charge in [0.05, 0.1) is 31.0 Å². The number of nitrogens with one attached hydrogen (secondary N) is 6. The minimum atomic E-state index is -1.21. The van der Waals surface area contributed by atoms with Gasteiger partial charge in [-0.2, -0.15) is 0 Å². The maximum Gasteiger partial charge on any atom is 0.408 e. The summed E-state index contributed by atoms with van der Waals surface area (Å²) in [5, 5.41) is 13.7. The Morgan fingerprint density at radius 3 is 2.04 bits per heavy atom. The van der Waals surface area contributed by atoms with E-state index in [0.717, 1.165) is 5.56 Å². The fourth-order valence-corrected chi connectivity index (χ4v) is 5.62. The zero-order valence-corrected chi connectivity index (χ0v) is 32.8. The van der Waals surface area contributed by atoms with Crippen molar-refractivity contribution in [1.29, 1.82) is 0 Å². The van der Waals surface area contributed by atoms with E-state index < -0.39 is 71.7 Å². The molecule has 5 atom stereocenters. The molecule has 3 rings (SSSR count). The zero-order valence-electron chi connectivity index (χ0n) is 32.8. The van der Waals surface area contributed by atoms with Crippen LogP contribution in [0.4, 0.5) is 4.79 Å². The third kappa shape index (κ3) is 15.7. The van der Waals surface area contributed by atoms with Gasteiger partial charge in [0.1, 0.15) is 23.7 Å². The van der Waals surface area contributed by atoms with Crippen molar-refractivity contribution >= 4 is 35.5 Å². The SMILES string of the molecule is CC[C@H](C)[C@H](NC(=O)CC(=O)[C@H](CC(C)C)NC(=O)[C@H](Cc1cnc[nH]1)NC(=O)[C@H](Cc1ccccc1)NC(=O)OC(C)(C)C)C(=O)NCc1ccccn1. The number of ether oxygens (including phenoxy) is 1. The fraction of sp³-hybridized carbons (Fsp3) is 0.500. The largest absolute Gasteiger partial charge is 0.444 e. The quantitative estimate of drug-likeness (QED) is 0.0932. The van der Waals surface area contributed by atoms with E-state index in [1.165, 1.54) is 12.5 Å². The van der Waals surface area contributed by atoms with Gasteiger partial charge < -0.3 is 36.3 Å². The van der Waals surface area contributed by atoms with E-state index in [2.05, 4.69) is 41.5 Å². The minimum Gasteiger partial charge on any atom is -0.444 e. The highest BCUT2D eigenvalue weighted by atomic mass is 16.6. The summed E-state index contributed by atoms with van der Waals surface area (Å²) in [6.07, 6.45) is 4.05. The Labute approximate surface area is 323 Å².